The predicted molar refractivity (Wildman–Crippen MR) is 68.9 cm³/mol. The fourth-order valence-electron chi connectivity index (χ4n) is 1.49. The largest absolute Gasteiger partial charge is 0.449 e. The van der Waals surface area contributed by atoms with Gasteiger partial charge in [0.15, 0.2) is 0 Å². The van der Waals surface area contributed by atoms with Gasteiger partial charge in [0, 0.05) is 12.0 Å². The van der Waals surface area contributed by atoms with Crippen LogP contribution < -0.4 is 5.32 Å². The number of carbonyl (C=O) groups is 1. The van der Waals surface area contributed by atoms with Crippen LogP contribution in [-0.4, -0.2) is 31.0 Å². The Morgan fingerprint density at radius 1 is 1.47 bits per heavy atom. The molecule has 0 saturated carbocycles. The number of rotatable bonds is 8. The monoisotopic (exact) mass is 245 g/mol. The molecular formula is C13H27NO3. The zero-order chi connectivity index (χ0) is 13.3. The molecule has 0 spiro atoms. The highest BCUT2D eigenvalue weighted by Crippen LogP contribution is 2.29. The van der Waals surface area contributed by atoms with Gasteiger partial charge in [-0.2, -0.15) is 0 Å². The van der Waals surface area contributed by atoms with E-state index in [0.717, 1.165) is 19.3 Å². The Kier molecular flexibility index (Phi) is 7.96. The van der Waals surface area contributed by atoms with Crippen LogP contribution in [0.4, 0.5) is 4.79 Å². The first-order valence-corrected chi connectivity index (χ1v) is 6.51. The Hall–Kier alpha value is -0.770. The van der Waals surface area contributed by atoms with Crippen molar-refractivity contribution < 1.29 is 14.6 Å². The van der Waals surface area contributed by atoms with E-state index in [1.54, 1.807) is 0 Å². The average molecular weight is 245 g/mol. The topological polar surface area (TPSA) is 58.6 Å². The van der Waals surface area contributed by atoms with Crippen LogP contribution in [0.3, 0.4) is 0 Å². The summed E-state index contributed by atoms with van der Waals surface area (Å²) in [6.45, 7) is 9.09. The zero-order valence-corrected chi connectivity index (χ0v) is 11.6. The molecule has 0 aliphatic rings. The number of aliphatic hydroxyl groups excluding tert-OH is 1. The number of hydrogen-bond donors (Lipinski definition) is 2. The number of aliphatic hydroxyl groups is 1. The minimum atomic E-state index is -0.388. The summed E-state index contributed by atoms with van der Waals surface area (Å²) >= 11 is 0. The van der Waals surface area contributed by atoms with Crippen molar-refractivity contribution in [2.24, 2.45) is 11.3 Å². The lowest BCUT2D eigenvalue weighted by Gasteiger charge is -2.32. The molecule has 1 amide bonds. The number of hydrogen-bond acceptors (Lipinski definition) is 3. The van der Waals surface area contributed by atoms with E-state index in [0.29, 0.717) is 12.5 Å². The molecule has 4 nitrogen and oxygen atoms in total. The molecule has 0 aromatic carbocycles. The number of unbranched alkanes of at least 4 members (excludes halogenated alkanes) is 1. The van der Waals surface area contributed by atoms with E-state index in [1.807, 2.05) is 6.92 Å². The lowest BCUT2D eigenvalue weighted by atomic mass is 9.78. The van der Waals surface area contributed by atoms with Crippen molar-refractivity contribution in [3.8, 4) is 0 Å². The summed E-state index contributed by atoms with van der Waals surface area (Å²) in [5.41, 5.74) is -0.350. The van der Waals surface area contributed by atoms with Gasteiger partial charge in [0.2, 0.25) is 0 Å². The van der Waals surface area contributed by atoms with Crippen LogP contribution in [0.2, 0.25) is 0 Å². The van der Waals surface area contributed by atoms with E-state index in [1.165, 1.54) is 0 Å². The van der Waals surface area contributed by atoms with E-state index >= 15 is 0 Å². The Morgan fingerprint density at radius 3 is 2.59 bits per heavy atom. The maximum atomic E-state index is 11.4. The molecule has 0 unspecified atom stereocenters. The fourth-order valence-corrected chi connectivity index (χ4v) is 1.49. The molecule has 0 radical (unpaired) electrons. The third kappa shape index (κ3) is 5.91. The molecule has 4 heteroatoms. The van der Waals surface area contributed by atoms with Gasteiger partial charge in [-0.05, 0) is 12.3 Å². The maximum absolute atomic E-state index is 11.4. The standard InChI is InChI=1S/C13H27NO3/c1-5-7-8-14-12(16)17-10-13(4,9-15)11(3)6-2/h11,15H,5-10H2,1-4H3,(H,14,16)/t11-,13+/m1/s1. The molecular weight excluding hydrogens is 218 g/mol. The van der Waals surface area contributed by atoms with E-state index in [9.17, 15) is 9.90 Å². The van der Waals surface area contributed by atoms with E-state index in [4.69, 9.17) is 4.74 Å². The number of nitrogens with one attached hydrogen (secondary N) is 1. The minimum Gasteiger partial charge on any atom is -0.449 e. The molecule has 0 aliphatic heterocycles. The molecule has 0 rings (SSSR count). The molecule has 0 fully saturated rings. The maximum Gasteiger partial charge on any atom is 0.407 e. The van der Waals surface area contributed by atoms with Gasteiger partial charge in [0.1, 0.15) is 6.61 Å². The van der Waals surface area contributed by atoms with Gasteiger partial charge in [0.05, 0.1) is 6.61 Å². The molecule has 0 aromatic heterocycles. The van der Waals surface area contributed by atoms with Crippen LogP contribution in [0.15, 0.2) is 0 Å². The molecule has 17 heavy (non-hydrogen) atoms. The summed E-state index contributed by atoms with van der Waals surface area (Å²) in [5, 5.41) is 12.1. The van der Waals surface area contributed by atoms with Crippen molar-refractivity contribution in [2.75, 3.05) is 19.8 Å². The molecule has 102 valence electrons. The fraction of sp³-hybridized carbons (Fsp3) is 0.923. The first-order chi connectivity index (χ1) is 8.00. The summed E-state index contributed by atoms with van der Waals surface area (Å²) in [5.74, 6) is 0.316. The summed E-state index contributed by atoms with van der Waals surface area (Å²) < 4.78 is 5.16. The van der Waals surface area contributed by atoms with Crippen molar-refractivity contribution in [2.45, 2.75) is 47.0 Å². The minimum absolute atomic E-state index is 0.0320. The van der Waals surface area contributed by atoms with Crippen LogP contribution in [0.25, 0.3) is 0 Å². The highest BCUT2D eigenvalue weighted by Gasteiger charge is 2.31. The van der Waals surface area contributed by atoms with Crippen molar-refractivity contribution in [1.82, 2.24) is 5.32 Å². The summed E-state index contributed by atoms with van der Waals surface area (Å²) in [7, 11) is 0. The van der Waals surface area contributed by atoms with Crippen molar-refractivity contribution in [3.63, 3.8) is 0 Å². The normalized spacial score (nSPS) is 16.1. The molecule has 2 N–H and O–H groups in total. The molecule has 0 aliphatic carbocycles. The zero-order valence-electron chi connectivity index (χ0n) is 11.6. The smallest absolute Gasteiger partial charge is 0.407 e. The van der Waals surface area contributed by atoms with Crippen LogP contribution in [0.1, 0.15) is 47.0 Å². The number of alkyl carbamates (subject to hydrolysis) is 1. The summed E-state index contributed by atoms with van der Waals surface area (Å²) in [6.07, 6.45) is 2.57. The highest BCUT2D eigenvalue weighted by atomic mass is 16.5. The second-order valence-electron chi connectivity index (χ2n) is 4.98. The van der Waals surface area contributed by atoms with Gasteiger partial charge in [-0.25, -0.2) is 4.79 Å². The molecule has 0 saturated heterocycles. The van der Waals surface area contributed by atoms with Crippen LogP contribution in [0, 0.1) is 11.3 Å². The SMILES string of the molecule is CCCCNC(=O)OC[C@](C)(CO)[C@H](C)CC. The molecule has 2 atom stereocenters. The third-order valence-corrected chi connectivity index (χ3v) is 3.50. The third-order valence-electron chi connectivity index (χ3n) is 3.50. The van der Waals surface area contributed by atoms with Crippen molar-refractivity contribution in [3.05, 3.63) is 0 Å². The lowest BCUT2D eigenvalue weighted by molar-refractivity contribution is 0.0125. The summed E-state index contributed by atoms with van der Waals surface area (Å²) in [4.78, 5) is 11.4. The Bertz CT molecular complexity index is 221. The highest BCUT2D eigenvalue weighted by molar-refractivity contribution is 5.67. The van der Waals surface area contributed by atoms with Crippen LogP contribution in [0.5, 0.6) is 0 Å². The molecule has 0 aromatic rings. The average Bonchev–Trinajstić information content (AvgIpc) is 2.35. The number of ether oxygens (including phenoxy) is 1. The quantitative estimate of drug-likeness (QED) is 0.646. The number of amides is 1. The van der Waals surface area contributed by atoms with Gasteiger partial charge < -0.3 is 15.2 Å². The van der Waals surface area contributed by atoms with Gasteiger partial charge >= 0.3 is 6.09 Å². The second-order valence-corrected chi connectivity index (χ2v) is 4.98. The predicted octanol–water partition coefficient (Wildman–Crippen LogP) is 2.56. The van der Waals surface area contributed by atoms with E-state index in [-0.39, 0.29) is 24.7 Å². The van der Waals surface area contributed by atoms with Gasteiger partial charge in [0.25, 0.3) is 0 Å². The van der Waals surface area contributed by atoms with Gasteiger partial charge in [-0.3, -0.25) is 0 Å². The summed E-state index contributed by atoms with van der Waals surface area (Å²) in [6, 6.07) is 0. The van der Waals surface area contributed by atoms with Crippen molar-refractivity contribution >= 4 is 6.09 Å². The van der Waals surface area contributed by atoms with Crippen LogP contribution in [-0.2, 0) is 4.74 Å². The van der Waals surface area contributed by atoms with Crippen LogP contribution >= 0.6 is 0 Å². The Balaban J connectivity index is 4.01. The van der Waals surface area contributed by atoms with E-state index in [2.05, 4.69) is 26.1 Å². The van der Waals surface area contributed by atoms with Crippen molar-refractivity contribution in [1.29, 1.82) is 0 Å². The lowest BCUT2D eigenvalue weighted by Crippen LogP contribution is -2.37. The second kappa shape index (κ2) is 8.34. The first kappa shape index (κ1) is 16.2. The van der Waals surface area contributed by atoms with E-state index < -0.39 is 0 Å². The van der Waals surface area contributed by atoms with Gasteiger partial charge in [-0.15, -0.1) is 0 Å². The number of carbonyl (C=O) groups excluding carboxylic acids is 1. The molecule has 0 bridgehead atoms. The Labute approximate surface area is 105 Å². The first-order valence-electron chi connectivity index (χ1n) is 6.51. The molecule has 0 heterocycles. The van der Waals surface area contributed by atoms with Gasteiger partial charge in [-0.1, -0.05) is 40.5 Å². The Morgan fingerprint density at radius 2 is 2.12 bits per heavy atom.